The fraction of sp³-hybridized carbons (Fsp3) is 0.464. The number of piperidine rings is 1. The van der Waals surface area contributed by atoms with E-state index in [9.17, 15) is 9.90 Å². The molecule has 0 bridgehead atoms. The first-order valence-corrected chi connectivity index (χ1v) is 12.7. The zero-order valence-electron chi connectivity index (χ0n) is 20.1. The van der Waals surface area contributed by atoms with Crippen molar-refractivity contribution in [3.05, 3.63) is 65.9 Å². The van der Waals surface area contributed by atoms with Gasteiger partial charge in [-0.05, 0) is 62.0 Å². The average molecular weight is 479 g/mol. The van der Waals surface area contributed by atoms with Crippen molar-refractivity contribution in [1.82, 2.24) is 9.47 Å². The highest BCUT2D eigenvalue weighted by molar-refractivity contribution is 5.90. The van der Waals surface area contributed by atoms with Gasteiger partial charge >= 0.3 is 5.97 Å². The molecular weight excluding hydrogens is 444 g/mol. The standard InChI is InChI=1S/C28H34N2O5/c31-28(32)23-7-2-4-9-26(23)33-17-16-29-14-11-21(12-15-29)24-20-30(25-8-3-1-6-22(24)25)13-5-10-27-34-18-19-35-27/h1-4,6-9,20-21,27H,5,10-19H2,(H,31,32). The maximum Gasteiger partial charge on any atom is 0.339 e. The van der Waals surface area contributed by atoms with E-state index in [-0.39, 0.29) is 11.9 Å². The maximum absolute atomic E-state index is 11.4. The Morgan fingerprint density at radius 1 is 1.00 bits per heavy atom. The van der Waals surface area contributed by atoms with Gasteiger partial charge in [0.2, 0.25) is 0 Å². The second-order valence-electron chi connectivity index (χ2n) is 9.37. The van der Waals surface area contributed by atoms with Gasteiger partial charge in [0.05, 0.1) is 13.2 Å². The Morgan fingerprint density at radius 2 is 1.74 bits per heavy atom. The van der Waals surface area contributed by atoms with Crippen LogP contribution in [0, 0.1) is 0 Å². The molecule has 2 aromatic carbocycles. The Bertz CT molecular complexity index is 1130. The van der Waals surface area contributed by atoms with Crippen LogP contribution in [0.15, 0.2) is 54.7 Å². The first-order valence-electron chi connectivity index (χ1n) is 12.7. The van der Waals surface area contributed by atoms with Gasteiger partial charge in [-0.1, -0.05) is 30.3 Å². The van der Waals surface area contributed by atoms with Gasteiger partial charge in [-0.2, -0.15) is 0 Å². The minimum atomic E-state index is -0.958. The number of hydrogen-bond acceptors (Lipinski definition) is 5. The summed E-state index contributed by atoms with van der Waals surface area (Å²) in [5.41, 5.74) is 2.98. The molecule has 2 aliphatic heterocycles. The van der Waals surface area contributed by atoms with Crippen molar-refractivity contribution < 1.29 is 24.1 Å². The van der Waals surface area contributed by atoms with E-state index in [1.165, 1.54) is 16.5 Å². The zero-order valence-corrected chi connectivity index (χ0v) is 20.1. The van der Waals surface area contributed by atoms with Crippen LogP contribution in [0.1, 0.15) is 47.5 Å². The fourth-order valence-corrected chi connectivity index (χ4v) is 5.31. The minimum Gasteiger partial charge on any atom is -0.491 e. The second-order valence-corrected chi connectivity index (χ2v) is 9.37. The van der Waals surface area contributed by atoms with E-state index in [2.05, 4.69) is 39.9 Å². The smallest absolute Gasteiger partial charge is 0.339 e. The van der Waals surface area contributed by atoms with Gasteiger partial charge < -0.3 is 23.9 Å². The van der Waals surface area contributed by atoms with Gasteiger partial charge in [0, 0.05) is 36.6 Å². The van der Waals surface area contributed by atoms with Crippen LogP contribution in [0.5, 0.6) is 5.75 Å². The maximum atomic E-state index is 11.4. The van der Waals surface area contributed by atoms with Crippen molar-refractivity contribution >= 4 is 16.9 Å². The second kappa shape index (κ2) is 11.2. The molecule has 2 fully saturated rings. The predicted molar refractivity (Wildman–Crippen MR) is 134 cm³/mol. The number of carbonyl (C=O) groups is 1. The Morgan fingerprint density at radius 3 is 2.54 bits per heavy atom. The molecule has 0 saturated carbocycles. The third-order valence-electron chi connectivity index (χ3n) is 7.16. The summed E-state index contributed by atoms with van der Waals surface area (Å²) in [7, 11) is 0. The van der Waals surface area contributed by atoms with Crippen molar-refractivity contribution in [2.45, 2.75) is 44.4 Å². The van der Waals surface area contributed by atoms with Crippen LogP contribution in [0.25, 0.3) is 10.9 Å². The highest BCUT2D eigenvalue weighted by atomic mass is 16.7. The van der Waals surface area contributed by atoms with Crippen molar-refractivity contribution in [3.63, 3.8) is 0 Å². The van der Waals surface area contributed by atoms with E-state index >= 15 is 0 Å². The first kappa shape index (κ1) is 23.9. The van der Waals surface area contributed by atoms with Gasteiger partial charge in [0.25, 0.3) is 0 Å². The highest BCUT2D eigenvalue weighted by Gasteiger charge is 2.24. The number of likely N-dealkylation sites (tertiary alicyclic amines) is 1. The molecule has 3 heterocycles. The normalized spacial score (nSPS) is 17.8. The van der Waals surface area contributed by atoms with Gasteiger partial charge in [-0.3, -0.25) is 4.90 Å². The van der Waals surface area contributed by atoms with Crippen LogP contribution in [0.4, 0.5) is 0 Å². The quantitative estimate of drug-likeness (QED) is 0.453. The average Bonchev–Trinajstić information content (AvgIpc) is 3.53. The molecule has 186 valence electrons. The summed E-state index contributed by atoms with van der Waals surface area (Å²) in [6.45, 7) is 5.71. The number of aromatic carboxylic acids is 1. The van der Waals surface area contributed by atoms with E-state index in [0.717, 1.165) is 51.9 Å². The number of hydrogen-bond donors (Lipinski definition) is 1. The van der Waals surface area contributed by atoms with E-state index < -0.39 is 5.97 Å². The van der Waals surface area contributed by atoms with Crippen molar-refractivity contribution in [2.24, 2.45) is 0 Å². The number of nitrogens with zero attached hydrogens (tertiary/aromatic N) is 2. The summed E-state index contributed by atoms with van der Waals surface area (Å²) >= 11 is 0. The monoisotopic (exact) mass is 478 g/mol. The Hall–Kier alpha value is -2.87. The number of carboxylic acids is 1. The Balaban J connectivity index is 1.15. The van der Waals surface area contributed by atoms with E-state index in [1.807, 2.05) is 0 Å². The lowest BCUT2D eigenvalue weighted by atomic mass is 9.89. The summed E-state index contributed by atoms with van der Waals surface area (Å²) in [6.07, 6.45) is 6.52. The van der Waals surface area contributed by atoms with Crippen molar-refractivity contribution in [1.29, 1.82) is 0 Å². The number of fused-ring (bicyclic) bond motifs is 1. The van der Waals surface area contributed by atoms with E-state index in [0.29, 0.717) is 31.5 Å². The van der Waals surface area contributed by atoms with Gasteiger partial charge in [-0.25, -0.2) is 4.79 Å². The SMILES string of the molecule is O=C(O)c1ccccc1OCCN1CCC(c2cn(CCCC3OCCO3)c3ccccc23)CC1. The van der Waals surface area contributed by atoms with Crippen LogP contribution in [-0.2, 0) is 16.0 Å². The Kier molecular flexibility index (Phi) is 7.66. The molecule has 0 atom stereocenters. The fourth-order valence-electron chi connectivity index (χ4n) is 5.31. The molecule has 35 heavy (non-hydrogen) atoms. The molecule has 3 aromatic rings. The molecule has 0 spiro atoms. The molecule has 0 amide bonds. The predicted octanol–water partition coefficient (Wildman–Crippen LogP) is 4.75. The number of rotatable bonds is 10. The van der Waals surface area contributed by atoms with Gasteiger partial charge in [-0.15, -0.1) is 0 Å². The van der Waals surface area contributed by atoms with Crippen LogP contribution in [0.3, 0.4) is 0 Å². The van der Waals surface area contributed by atoms with Crippen LogP contribution in [0.2, 0.25) is 0 Å². The van der Waals surface area contributed by atoms with E-state index in [1.54, 1.807) is 24.3 Å². The molecule has 5 rings (SSSR count). The summed E-state index contributed by atoms with van der Waals surface area (Å²) < 4.78 is 19.4. The number of ether oxygens (including phenoxy) is 3. The van der Waals surface area contributed by atoms with Crippen molar-refractivity contribution in [2.75, 3.05) is 39.5 Å². The molecule has 0 radical (unpaired) electrons. The van der Waals surface area contributed by atoms with Crippen molar-refractivity contribution in [3.8, 4) is 5.75 Å². The third-order valence-corrected chi connectivity index (χ3v) is 7.16. The van der Waals surface area contributed by atoms with Gasteiger partial charge in [0.15, 0.2) is 6.29 Å². The number of para-hydroxylation sites is 2. The molecule has 7 heteroatoms. The zero-order chi connectivity index (χ0) is 24.0. The van der Waals surface area contributed by atoms with Gasteiger partial charge in [0.1, 0.15) is 17.9 Å². The number of aryl methyl sites for hydroxylation is 1. The number of aromatic nitrogens is 1. The molecule has 1 aromatic heterocycles. The molecule has 0 unspecified atom stereocenters. The molecule has 0 aliphatic carbocycles. The first-order chi connectivity index (χ1) is 17.2. The molecule has 7 nitrogen and oxygen atoms in total. The summed E-state index contributed by atoms with van der Waals surface area (Å²) in [5.74, 6) is 0.0297. The molecular formula is C28H34N2O5. The Labute approximate surface area is 206 Å². The molecule has 2 aliphatic rings. The summed E-state index contributed by atoms with van der Waals surface area (Å²) in [4.78, 5) is 13.8. The van der Waals surface area contributed by atoms with E-state index in [4.69, 9.17) is 14.2 Å². The third kappa shape index (κ3) is 5.69. The topological polar surface area (TPSA) is 73.2 Å². The summed E-state index contributed by atoms with van der Waals surface area (Å²) in [5, 5.41) is 10.7. The largest absolute Gasteiger partial charge is 0.491 e. The molecule has 2 saturated heterocycles. The lowest BCUT2D eigenvalue weighted by Crippen LogP contribution is -2.35. The molecule has 1 N–H and O–H groups in total. The minimum absolute atomic E-state index is 0.0396. The van der Waals surface area contributed by atoms with Crippen LogP contribution in [-0.4, -0.2) is 66.3 Å². The van der Waals surface area contributed by atoms with Crippen LogP contribution < -0.4 is 4.74 Å². The highest BCUT2D eigenvalue weighted by Crippen LogP contribution is 2.34. The summed E-state index contributed by atoms with van der Waals surface area (Å²) in [6, 6.07) is 15.6. The lowest BCUT2D eigenvalue weighted by Gasteiger charge is -2.31. The number of benzene rings is 2. The van der Waals surface area contributed by atoms with Crippen LogP contribution >= 0.6 is 0 Å². The number of carboxylic acid groups (broad SMARTS) is 1. The lowest BCUT2D eigenvalue weighted by molar-refractivity contribution is -0.0482.